The second-order valence-corrected chi connectivity index (χ2v) is 5.23. The van der Waals surface area contributed by atoms with E-state index in [4.69, 9.17) is 10.00 Å². The van der Waals surface area contributed by atoms with Crippen LogP contribution in [0.25, 0.3) is 0 Å². The summed E-state index contributed by atoms with van der Waals surface area (Å²) in [7, 11) is 0. The summed E-state index contributed by atoms with van der Waals surface area (Å²) >= 11 is 0. The Kier molecular flexibility index (Phi) is 4.31. The van der Waals surface area contributed by atoms with Crippen molar-refractivity contribution in [3.63, 3.8) is 0 Å². The molecule has 0 atom stereocenters. The van der Waals surface area contributed by atoms with E-state index in [2.05, 4.69) is 38.0 Å². The third kappa shape index (κ3) is 3.29. The number of hydrogen-bond donors (Lipinski definition) is 0. The first-order valence-electron chi connectivity index (χ1n) is 6.88. The SMILES string of the molecule is CCc1cc(C)cc(OC2CCB(C#N)CC2)c1. The number of benzene rings is 1. The molecule has 0 amide bonds. The Morgan fingerprint density at radius 3 is 2.67 bits per heavy atom. The first kappa shape index (κ1) is 13.0. The molecule has 1 aliphatic heterocycles. The molecule has 1 aromatic carbocycles. The van der Waals surface area contributed by atoms with Crippen LogP contribution in [0.15, 0.2) is 18.2 Å². The van der Waals surface area contributed by atoms with Crippen LogP contribution in [0.4, 0.5) is 0 Å². The highest BCUT2D eigenvalue weighted by atomic mass is 16.5. The molecule has 18 heavy (non-hydrogen) atoms. The molecule has 2 nitrogen and oxygen atoms in total. The predicted molar refractivity (Wildman–Crippen MR) is 75.2 cm³/mol. The fourth-order valence-electron chi connectivity index (χ4n) is 2.60. The number of aryl methyl sites for hydroxylation is 2. The van der Waals surface area contributed by atoms with Crippen molar-refractivity contribution in [1.82, 2.24) is 0 Å². The molecule has 0 N–H and O–H groups in total. The molecule has 3 heteroatoms. The molecule has 0 unspecified atom stereocenters. The van der Waals surface area contributed by atoms with Gasteiger partial charge >= 0.3 is 0 Å². The maximum Gasteiger partial charge on any atom is 0.268 e. The minimum absolute atomic E-state index is 0.244. The average Bonchev–Trinajstić information content (AvgIpc) is 2.39. The fraction of sp³-hybridized carbons (Fsp3) is 0.533. The zero-order valence-electron chi connectivity index (χ0n) is 11.3. The van der Waals surface area contributed by atoms with Crippen LogP contribution in [0, 0.1) is 18.2 Å². The van der Waals surface area contributed by atoms with Crippen LogP contribution in [0.5, 0.6) is 5.75 Å². The van der Waals surface area contributed by atoms with E-state index in [9.17, 15) is 0 Å². The number of ether oxygens (including phenoxy) is 1. The summed E-state index contributed by atoms with van der Waals surface area (Å²) in [5.74, 6) is 3.35. The van der Waals surface area contributed by atoms with Crippen molar-refractivity contribution in [2.75, 3.05) is 0 Å². The van der Waals surface area contributed by atoms with E-state index in [0.29, 0.717) is 6.10 Å². The molecule has 0 bridgehead atoms. The third-order valence-electron chi connectivity index (χ3n) is 3.68. The van der Waals surface area contributed by atoms with Gasteiger partial charge in [0, 0.05) is 5.97 Å². The van der Waals surface area contributed by atoms with Crippen LogP contribution in [0.1, 0.15) is 30.9 Å². The Morgan fingerprint density at radius 1 is 1.33 bits per heavy atom. The summed E-state index contributed by atoms with van der Waals surface area (Å²) in [4.78, 5) is 0. The standard InChI is InChI=1S/C15H20BNO/c1-3-13-8-12(2)9-15(10-13)18-14-4-6-16(11-17)7-5-14/h8-10,14H,3-7H2,1-2H3. The van der Waals surface area contributed by atoms with Crippen molar-refractivity contribution in [1.29, 1.82) is 5.26 Å². The van der Waals surface area contributed by atoms with Crippen LogP contribution in [0.2, 0.25) is 12.6 Å². The summed E-state index contributed by atoms with van der Waals surface area (Å²) in [6, 6.07) is 6.46. The monoisotopic (exact) mass is 241 g/mol. The van der Waals surface area contributed by atoms with E-state index >= 15 is 0 Å². The second kappa shape index (κ2) is 5.95. The first-order valence-corrected chi connectivity index (χ1v) is 6.88. The quantitative estimate of drug-likeness (QED) is 0.756. The maximum atomic E-state index is 8.88. The van der Waals surface area contributed by atoms with Gasteiger partial charge in [0.25, 0.3) is 6.71 Å². The van der Waals surface area contributed by atoms with Crippen LogP contribution in [-0.4, -0.2) is 12.8 Å². The highest BCUT2D eigenvalue weighted by molar-refractivity contribution is 6.67. The van der Waals surface area contributed by atoms with Crippen molar-refractivity contribution in [2.45, 2.75) is 51.9 Å². The van der Waals surface area contributed by atoms with Gasteiger partial charge in [-0.15, -0.1) is 0 Å². The van der Waals surface area contributed by atoms with Gasteiger partial charge in [-0.1, -0.05) is 25.6 Å². The zero-order chi connectivity index (χ0) is 13.0. The predicted octanol–water partition coefficient (Wildman–Crippen LogP) is 3.66. The molecule has 94 valence electrons. The van der Waals surface area contributed by atoms with Gasteiger partial charge in [-0.25, -0.2) is 5.26 Å². The van der Waals surface area contributed by atoms with Crippen LogP contribution < -0.4 is 4.74 Å². The zero-order valence-corrected chi connectivity index (χ0v) is 11.3. The van der Waals surface area contributed by atoms with Gasteiger partial charge in [-0.05, 0) is 49.4 Å². The van der Waals surface area contributed by atoms with Gasteiger partial charge in [-0.2, -0.15) is 0 Å². The van der Waals surface area contributed by atoms with Gasteiger partial charge in [0.15, 0.2) is 0 Å². The maximum absolute atomic E-state index is 8.88. The second-order valence-electron chi connectivity index (χ2n) is 5.23. The molecular weight excluding hydrogens is 221 g/mol. The van der Waals surface area contributed by atoms with Crippen molar-refractivity contribution < 1.29 is 4.74 Å². The van der Waals surface area contributed by atoms with Crippen molar-refractivity contribution in [2.24, 2.45) is 0 Å². The molecular formula is C15H20BNO. The van der Waals surface area contributed by atoms with E-state index in [1.165, 1.54) is 11.1 Å². The number of nitriles is 1. The Hall–Kier alpha value is -1.43. The molecule has 1 heterocycles. The lowest BCUT2D eigenvalue weighted by molar-refractivity contribution is 0.187. The fourth-order valence-corrected chi connectivity index (χ4v) is 2.60. The van der Waals surface area contributed by atoms with Gasteiger partial charge in [-0.3, -0.25) is 0 Å². The highest BCUT2D eigenvalue weighted by Crippen LogP contribution is 2.25. The molecule has 1 aliphatic rings. The van der Waals surface area contributed by atoms with E-state index in [1.807, 2.05) is 0 Å². The first-order chi connectivity index (χ1) is 8.71. The smallest absolute Gasteiger partial charge is 0.268 e. The van der Waals surface area contributed by atoms with E-state index in [-0.39, 0.29) is 6.71 Å². The third-order valence-corrected chi connectivity index (χ3v) is 3.68. The molecule has 0 aliphatic carbocycles. The molecule has 1 fully saturated rings. The van der Waals surface area contributed by atoms with Gasteiger partial charge in [0.2, 0.25) is 0 Å². The largest absolute Gasteiger partial charge is 0.490 e. The Balaban J connectivity index is 1.98. The molecule has 2 rings (SSSR count). The van der Waals surface area contributed by atoms with E-state index < -0.39 is 0 Å². The van der Waals surface area contributed by atoms with Crippen LogP contribution in [0.3, 0.4) is 0 Å². The van der Waals surface area contributed by atoms with Gasteiger partial charge in [0.1, 0.15) is 5.75 Å². The minimum atomic E-state index is 0.244. The number of rotatable bonds is 3. The number of nitrogens with zero attached hydrogens (tertiary/aromatic N) is 1. The molecule has 0 spiro atoms. The average molecular weight is 241 g/mol. The lowest BCUT2D eigenvalue weighted by atomic mass is 9.42. The lowest BCUT2D eigenvalue weighted by Gasteiger charge is -2.24. The normalized spacial score (nSPS) is 16.4. The lowest BCUT2D eigenvalue weighted by Crippen LogP contribution is -2.27. The van der Waals surface area contributed by atoms with Crippen LogP contribution >= 0.6 is 0 Å². The van der Waals surface area contributed by atoms with E-state index in [0.717, 1.165) is 37.7 Å². The Bertz CT molecular complexity index is 444. The molecule has 1 aromatic rings. The topological polar surface area (TPSA) is 33.0 Å². The van der Waals surface area contributed by atoms with Crippen molar-refractivity contribution >= 4 is 6.71 Å². The molecule has 0 saturated carbocycles. The van der Waals surface area contributed by atoms with Crippen LogP contribution in [-0.2, 0) is 6.42 Å². The number of hydrogen-bond acceptors (Lipinski definition) is 2. The summed E-state index contributed by atoms with van der Waals surface area (Å²) < 4.78 is 6.06. The molecule has 0 radical (unpaired) electrons. The van der Waals surface area contributed by atoms with Gasteiger partial charge < -0.3 is 4.74 Å². The summed E-state index contributed by atoms with van der Waals surface area (Å²) in [5.41, 5.74) is 2.59. The Labute approximate surface area is 110 Å². The summed E-state index contributed by atoms with van der Waals surface area (Å²) in [5, 5.41) is 8.88. The van der Waals surface area contributed by atoms with E-state index in [1.54, 1.807) is 0 Å². The highest BCUT2D eigenvalue weighted by Gasteiger charge is 2.25. The summed E-state index contributed by atoms with van der Waals surface area (Å²) in [6.07, 6.45) is 5.31. The molecule has 0 aromatic heterocycles. The molecule has 1 saturated heterocycles. The van der Waals surface area contributed by atoms with Crippen molar-refractivity contribution in [3.8, 4) is 11.7 Å². The van der Waals surface area contributed by atoms with Gasteiger partial charge in [0.05, 0.1) is 6.10 Å². The summed E-state index contributed by atoms with van der Waals surface area (Å²) in [6.45, 7) is 4.52. The minimum Gasteiger partial charge on any atom is -0.490 e. The Morgan fingerprint density at radius 2 is 2.06 bits per heavy atom. The van der Waals surface area contributed by atoms with Crippen molar-refractivity contribution in [3.05, 3.63) is 29.3 Å².